The summed E-state index contributed by atoms with van der Waals surface area (Å²) in [4.78, 5) is 26.8. The Balaban J connectivity index is 1.24. The first-order chi connectivity index (χ1) is 18.2. The molecule has 1 amide bonds. The lowest BCUT2D eigenvalue weighted by Gasteiger charge is -2.26. The number of aryl methyl sites for hydroxylation is 1. The van der Waals surface area contributed by atoms with Crippen molar-refractivity contribution in [1.82, 2.24) is 9.62 Å². The van der Waals surface area contributed by atoms with Crippen molar-refractivity contribution in [1.29, 1.82) is 0 Å². The van der Waals surface area contributed by atoms with Crippen molar-refractivity contribution in [2.45, 2.75) is 42.4 Å². The number of carboxylic acids is 1. The third kappa shape index (κ3) is 5.94. The van der Waals surface area contributed by atoms with Gasteiger partial charge in [0.1, 0.15) is 9.78 Å². The SMILES string of the molecule is O=C(CCc1cccc(C2CC2(NS(=O)(=O)C2=CCC(c3ccc(Cl)cc3)S2)C(=O)O)c1)N1CCSCC1. The Kier molecular flexibility index (Phi) is 8.17. The minimum absolute atomic E-state index is 0.0716. The molecule has 0 radical (unpaired) electrons. The zero-order valence-electron chi connectivity index (χ0n) is 20.6. The van der Waals surface area contributed by atoms with Crippen molar-refractivity contribution >= 4 is 57.0 Å². The molecule has 2 aromatic carbocycles. The Morgan fingerprint density at radius 2 is 1.84 bits per heavy atom. The van der Waals surface area contributed by atoms with Gasteiger partial charge in [-0.15, -0.1) is 11.8 Å². The quantitative estimate of drug-likeness (QED) is 0.431. The summed E-state index contributed by atoms with van der Waals surface area (Å²) in [5.41, 5.74) is 1.09. The number of allylic oxidation sites excluding steroid dienone is 1. The third-order valence-corrected chi connectivity index (χ3v) is 11.9. The van der Waals surface area contributed by atoms with Crippen LogP contribution in [0.5, 0.6) is 0 Å². The van der Waals surface area contributed by atoms with E-state index in [1.165, 1.54) is 11.8 Å². The molecule has 2 aliphatic heterocycles. The molecule has 2 heterocycles. The van der Waals surface area contributed by atoms with Crippen molar-refractivity contribution < 1.29 is 23.1 Å². The molecule has 2 aromatic rings. The van der Waals surface area contributed by atoms with Gasteiger partial charge in [0.2, 0.25) is 15.9 Å². The van der Waals surface area contributed by atoms with Crippen molar-refractivity contribution in [3.63, 3.8) is 0 Å². The summed E-state index contributed by atoms with van der Waals surface area (Å²) in [6.07, 6.45) is 3.31. The van der Waals surface area contributed by atoms with Gasteiger partial charge in [0.05, 0.1) is 0 Å². The zero-order valence-corrected chi connectivity index (χ0v) is 23.8. The zero-order chi connectivity index (χ0) is 26.9. The number of carboxylic acid groups (broad SMARTS) is 1. The van der Waals surface area contributed by atoms with E-state index in [0.29, 0.717) is 24.3 Å². The predicted molar refractivity (Wildman–Crippen MR) is 153 cm³/mol. The number of hydrogen-bond acceptors (Lipinski definition) is 6. The van der Waals surface area contributed by atoms with E-state index in [4.69, 9.17) is 11.6 Å². The number of aliphatic carboxylic acids is 1. The Morgan fingerprint density at radius 3 is 2.55 bits per heavy atom. The molecule has 5 rings (SSSR count). The van der Waals surface area contributed by atoms with Gasteiger partial charge in [-0.2, -0.15) is 16.5 Å². The van der Waals surface area contributed by atoms with E-state index >= 15 is 0 Å². The van der Waals surface area contributed by atoms with E-state index < -0.39 is 27.4 Å². The van der Waals surface area contributed by atoms with Gasteiger partial charge in [-0.25, -0.2) is 8.42 Å². The standard InChI is InChI=1S/C27H29ClN2O5S3/c28-21-7-5-19(6-8-21)23-9-11-25(37-23)38(34,35)29-27(26(32)33)17-22(27)20-3-1-2-18(16-20)4-10-24(31)30-12-14-36-15-13-30/h1-3,5-8,11,16,22-23,29H,4,9-10,12-15,17H2,(H,32,33). The van der Waals surface area contributed by atoms with Crippen LogP contribution in [0.1, 0.15) is 47.1 Å². The second-order valence-electron chi connectivity index (χ2n) is 9.79. The van der Waals surface area contributed by atoms with Crippen LogP contribution in [0.15, 0.2) is 58.8 Å². The van der Waals surface area contributed by atoms with E-state index in [9.17, 15) is 23.1 Å². The van der Waals surface area contributed by atoms with Gasteiger partial charge in [0.15, 0.2) is 0 Å². The highest BCUT2D eigenvalue weighted by Crippen LogP contribution is 2.54. The van der Waals surface area contributed by atoms with Gasteiger partial charge in [0, 0.05) is 47.2 Å². The maximum Gasteiger partial charge on any atom is 0.325 e. The molecule has 3 aliphatic rings. The summed E-state index contributed by atoms with van der Waals surface area (Å²) in [5, 5.41) is 10.6. The minimum atomic E-state index is -4.02. The highest BCUT2D eigenvalue weighted by molar-refractivity contribution is 8.18. The molecule has 11 heteroatoms. The molecule has 0 bridgehead atoms. The second kappa shape index (κ2) is 11.3. The Morgan fingerprint density at radius 1 is 1.11 bits per heavy atom. The number of sulfonamides is 1. The maximum atomic E-state index is 13.3. The van der Waals surface area contributed by atoms with Gasteiger partial charge in [-0.05, 0) is 48.1 Å². The topological polar surface area (TPSA) is 104 Å². The first-order valence-corrected chi connectivity index (χ1v) is 16.4. The van der Waals surface area contributed by atoms with Crippen molar-refractivity contribution in [3.05, 3.63) is 80.6 Å². The molecule has 1 saturated carbocycles. The van der Waals surface area contributed by atoms with Gasteiger partial charge < -0.3 is 10.0 Å². The van der Waals surface area contributed by atoms with E-state index in [-0.39, 0.29) is 21.8 Å². The largest absolute Gasteiger partial charge is 0.480 e. The number of rotatable bonds is 9. The Bertz CT molecular complexity index is 1360. The summed E-state index contributed by atoms with van der Waals surface area (Å²) in [6.45, 7) is 1.56. The van der Waals surface area contributed by atoms with E-state index in [1.807, 2.05) is 53.1 Å². The van der Waals surface area contributed by atoms with Crippen LogP contribution in [0.25, 0.3) is 0 Å². The molecule has 202 valence electrons. The number of amides is 1. The fourth-order valence-corrected chi connectivity index (χ4v) is 9.21. The van der Waals surface area contributed by atoms with E-state index in [1.54, 1.807) is 18.2 Å². The first-order valence-electron chi connectivity index (χ1n) is 12.5. The smallest absolute Gasteiger partial charge is 0.325 e. The Labute approximate surface area is 236 Å². The number of nitrogens with one attached hydrogen (secondary N) is 1. The van der Waals surface area contributed by atoms with Gasteiger partial charge in [0.25, 0.3) is 0 Å². The lowest BCUT2D eigenvalue weighted by molar-refractivity contribution is -0.140. The van der Waals surface area contributed by atoms with Crippen LogP contribution in [0.2, 0.25) is 5.02 Å². The number of hydrogen-bond donors (Lipinski definition) is 2. The van der Waals surface area contributed by atoms with Crippen molar-refractivity contribution in [2.75, 3.05) is 24.6 Å². The van der Waals surface area contributed by atoms with Crippen molar-refractivity contribution in [3.8, 4) is 0 Å². The average Bonchev–Trinajstić information content (AvgIpc) is 3.41. The van der Waals surface area contributed by atoms with Crippen LogP contribution < -0.4 is 4.72 Å². The normalized spacial score (nSPS) is 25.2. The highest BCUT2D eigenvalue weighted by Gasteiger charge is 2.63. The molecular formula is C27H29ClN2O5S3. The van der Waals surface area contributed by atoms with Gasteiger partial charge >= 0.3 is 5.97 Å². The fraction of sp³-hybridized carbons (Fsp3) is 0.407. The van der Waals surface area contributed by atoms with Crippen LogP contribution in [0.4, 0.5) is 0 Å². The van der Waals surface area contributed by atoms with Gasteiger partial charge in [-0.3, -0.25) is 9.59 Å². The van der Waals surface area contributed by atoms with Crippen LogP contribution in [0, 0.1) is 0 Å². The molecule has 0 aromatic heterocycles. The summed E-state index contributed by atoms with van der Waals surface area (Å²) in [7, 11) is -4.02. The number of carbonyl (C=O) groups excluding carboxylic acids is 1. The number of carbonyl (C=O) groups is 2. The van der Waals surface area contributed by atoms with E-state index in [2.05, 4.69) is 4.72 Å². The lowest BCUT2D eigenvalue weighted by Crippen LogP contribution is -2.44. The lowest BCUT2D eigenvalue weighted by atomic mass is 10.0. The molecule has 1 saturated heterocycles. The number of benzene rings is 2. The molecule has 0 spiro atoms. The molecule has 2 N–H and O–H groups in total. The fourth-order valence-electron chi connectivity index (χ4n) is 5.03. The number of halogens is 1. The monoisotopic (exact) mass is 592 g/mol. The predicted octanol–water partition coefficient (Wildman–Crippen LogP) is 4.80. The summed E-state index contributed by atoms with van der Waals surface area (Å²) in [5.74, 6) is 0.394. The number of nitrogens with zero attached hydrogens (tertiary/aromatic N) is 1. The van der Waals surface area contributed by atoms with Crippen LogP contribution in [0.3, 0.4) is 0 Å². The first kappa shape index (κ1) is 27.6. The van der Waals surface area contributed by atoms with Gasteiger partial charge in [-0.1, -0.05) is 54.1 Å². The third-order valence-electron chi connectivity index (χ3n) is 7.27. The number of thioether (sulfide) groups is 2. The molecule has 3 unspecified atom stereocenters. The summed E-state index contributed by atoms with van der Waals surface area (Å²) < 4.78 is 29.2. The van der Waals surface area contributed by atoms with Crippen LogP contribution in [-0.4, -0.2) is 60.4 Å². The van der Waals surface area contributed by atoms with Crippen molar-refractivity contribution in [2.24, 2.45) is 0 Å². The highest BCUT2D eigenvalue weighted by atomic mass is 35.5. The Hall–Kier alpha value is -1.98. The summed E-state index contributed by atoms with van der Waals surface area (Å²) in [6, 6.07) is 14.8. The second-order valence-corrected chi connectivity index (χ2v) is 14.6. The molecule has 38 heavy (non-hydrogen) atoms. The molecule has 3 atom stereocenters. The molecular weight excluding hydrogens is 564 g/mol. The maximum absolute atomic E-state index is 13.3. The molecule has 2 fully saturated rings. The molecule has 1 aliphatic carbocycles. The average molecular weight is 593 g/mol. The van der Waals surface area contributed by atoms with Crippen LogP contribution in [-0.2, 0) is 26.0 Å². The molecule has 7 nitrogen and oxygen atoms in total. The minimum Gasteiger partial charge on any atom is -0.480 e. The van der Waals surface area contributed by atoms with Crippen LogP contribution >= 0.6 is 35.1 Å². The summed E-state index contributed by atoms with van der Waals surface area (Å²) >= 11 is 9.04. The van der Waals surface area contributed by atoms with E-state index in [0.717, 1.165) is 41.3 Å².